The van der Waals surface area contributed by atoms with Crippen LogP contribution in [0.1, 0.15) is 21.5 Å². The maximum Gasteiger partial charge on any atom is 0.416 e. The molecule has 29 heavy (non-hydrogen) atoms. The first-order valence-electron chi connectivity index (χ1n) is 8.65. The number of rotatable bonds is 4. The summed E-state index contributed by atoms with van der Waals surface area (Å²) in [6, 6.07) is 13.1. The number of carbonyl (C=O) groups excluding carboxylic acids is 1. The van der Waals surface area contributed by atoms with Crippen LogP contribution >= 0.6 is 0 Å². The van der Waals surface area contributed by atoms with Gasteiger partial charge in [0.25, 0.3) is 5.91 Å². The molecule has 0 unspecified atom stereocenters. The van der Waals surface area contributed by atoms with E-state index >= 15 is 0 Å². The maximum absolute atomic E-state index is 12.8. The Balaban J connectivity index is 1.50. The molecule has 1 N–H and O–H groups in total. The number of alkyl halides is 3. The van der Waals surface area contributed by atoms with Crippen molar-refractivity contribution in [1.82, 2.24) is 15.3 Å². The molecule has 0 saturated carbocycles. The number of aromatic nitrogens is 2. The summed E-state index contributed by atoms with van der Waals surface area (Å²) in [6.45, 7) is -0.0283. The van der Waals surface area contributed by atoms with Crippen molar-refractivity contribution >= 4 is 17.0 Å². The third kappa shape index (κ3) is 4.11. The number of hydrogen-bond donors (Lipinski definition) is 1. The first-order valence-corrected chi connectivity index (χ1v) is 8.65. The van der Waals surface area contributed by atoms with Crippen LogP contribution in [0.4, 0.5) is 13.2 Å². The van der Waals surface area contributed by atoms with E-state index in [0.29, 0.717) is 28.1 Å². The van der Waals surface area contributed by atoms with Gasteiger partial charge in [-0.15, -0.1) is 0 Å². The molecule has 0 atom stereocenters. The van der Waals surface area contributed by atoms with Crippen LogP contribution in [0, 0.1) is 0 Å². The van der Waals surface area contributed by atoms with E-state index in [-0.39, 0.29) is 6.54 Å². The van der Waals surface area contributed by atoms with E-state index in [1.54, 1.807) is 42.7 Å². The highest BCUT2D eigenvalue weighted by Gasteiger charge is 2.30. The largest absolute Gasteiger partial charge is 0.436 e. The van der Waals surface area contributed by atoms with Crippen LogP contribution in [0.5, 0.6) is 0 Å². The Kier molecular flexibility index (Phi) is 4.75. The summed E-state index contributed by atoms with van der Waals surface area (Å²) < 4.78 is 44.1. The number of amides is 1. The molecule has 0 radical (unpaired) electrons. The zero-order chi connectivity index (χ0) is 20.4. The lowest BCUT2D eigenvalue weighted by Gasteiger charge is -2.09. The Morgan fingerprint density at radius 2 is 1.83 bits per heavy atom. The Labute approximate surface area is 163 Å². The highest BCUT2D eigenvalue weighted by molar-refractivity contribution is 5.97. The van der Waals surface area contributed by atoms with Crippen LogP contribution in [0.25, 0.3) is 22.6 Å². The minimum atomic E-state index is -4.43. The molecule has 0 aliphatic heterocycles. The average molecular weight is 397 g/mol. The van der Waals surface area contributed by atoms with Crippen LogP contribution in [-0.4, -0.2) is 15.9 Å². The SMILES string of the molecule is O=C(NCc1cccc(C(F)(F)F)c1)c1ccc2nc(-c3ccncc3)oc2c1. The zero-order valence-electron chi connectivity index (χ0n) is 14.9. The highest BCUT2D eigenvalue weighted by Crippen LogP contribution is 2.29. The molecule has 2 heterocycles. The van der Waals surface area contributed by atoms with E-state index in [2.05, 4.69) is 15.3 Å². The number of nitrogens with zero attached hydrogens (tertiary/aromatic N) is 2. The number of fused-ring (bicyclic) bond motifs is 1. The second kappa shape index (κ2) is 7.38. The molecule has 2 aromatic carbocycles. The van der Waals surface area contributed by atoms with Crippen LogP contribution in [0.2, 0.25) is 0 Å². The fourth-order valence-electron chi connectivity index (χ4n) is 2.83. The van der Waals surface area contributed by atoms with Gasteiger partial charge >= 0.3 is 6.18 Å². The van der Waals surface area contributed by atoms with E-state index in [4.69, 9.17) is 4.42 Å². The predicted octanol–water partition coefficient (Wildman–Crippen LogP) is 4.84. The molecule has 4 aromatic rings. The number of pyridine rings is 1. The van der Waals surface area contributed by atoms with E-state index in [9.17, 15) is 18.0 Å². The van der Waals surface area contributed by atoms with Crippen molar-refractivity contribution < 1.29 is 22.4 Å². The quantitative estimate of drug-likeness (QED) is 0.535. The van der Waals surface area contributed by atoms with Gasteiger partial charge in [0, 0.05) is 30.1 Å². The molecule has 0 aliphatic carbocycles. The molecule has 1 amide bonds. The Morgan fingerprint density at radius 1 is 1.03 bits per heavy atom. The predicted molar refractivity (Wildman–Crippen MR) is 99.9 cm³/mol. The number of oxazole rings is 1. The fourth-order valence-corrected chi connectivity index (χ4v) is 2.83. The summed E-state index contributed by atoms with van der Waals surface area (Å²) in [5.41, 5.74) is 1.70. The van der Waals surface area contributed by atoms with Gasteiger partial charge in [0.1, 0.15) is 5.52 Å². The smallest absolute Gasteiger partial charge is 0.416 e. The van der Waals surface area contributed by atoms with Crippen molar-refractivity contribution in [2.24, 2.45) is 0 Å². The summed E-state index contributed by atoms with van der Waals surface area (Å²) in [4.78, 5) is 20.7. The number of benzene rings is 2. The second-order valence-corrected chi connectivity index (χ2v) is 6.32. The van der Waals surface area contributed by atoms with Gasteiger partial charge in [0.2, 0.25) is 5.89 Å². The molecular weight excluding hydrogens is 383 g/mol. The van der Waals surface area contributed by atoms with Crippen molar-refractivity contribution in [1.29, 1.82) is 0 Å². The van der Waals surface area contributed by atoms with E-state index in [1.165, 1.54) is 12.1 Å². The van der Waals surface area contributed by atoms with Crippen molar-refractivity contribution in [2.45, 2.75) is 12.7 Å². The Hall–Kier alpha value is -3.68. The summed E-state index contributed by atoms with van der Waals surface area (Å²) in [5.74, 6) is -0.0184. The molecule has 5 nitrogen and oxygen atoms in total. The van der Waals surface area contributed by atoms with E-state index in [1.807, 2.05) is 0 Å². The lowest BCUT2D eigenvalue weighted by molar-refractivity contribution is -0.137. The minimum Gasteiger partial charge on any atom is -0.436 e. The van der Waals surface area contributed by atoms with Gasteiger partial charge in [-0.05, 0) is 48.0 Å². The number of nitrogens with one attached hydrogen (secondary N) is 1. The van der Waals surface area contributed by atoms with Gasteiger partial charge in [0.15, 0.2) is 5.58 Å². The van der Waals surface area contributed by atoms with Crippen LogP contribution in [0.3, 0.4) is 0 Å². The molecule has 8 heteroatoms. The van der Waals surface area contributed by atoms with Gasteiger partial charge in [-0.25, -0.2) is 4.98 Å². The lowest BCUT2D eigenvalue weighted by atomic mass is 10.1. The third-order valence-electron chi connectivity index (χ3n) is 4.29. The van der Waals surface area contributed by atoms with E-state index in [0.717, 1.165) is 17.7 Å². The van der Waals surface area contributed by atoms with Crippen LogP contribution < -0.4 is 5.32 Å². The van der Waals surface area contributed by atoms with Crippen molar-refractivity contribution in [3.05, 3.63) is 83.7 Å². The van der Waals surface area contributed by atoms with Gasteiger partial charge < -0.3 is 9.73 Å². The number of halogens is 3. The first-order chi connectivity index (χ1) is 13.9. The molecule has 4 rings (SSSR count). The molecule has 0 bridgehead atoms. The summed E-state index contributed by atoms with van der Waals surface area (Å²) in [7, 11) is 0. The molecular formula is C21H14F3N3O2. The van der Waals surface area contributed by atoms with Gasteiger partial charge in [0.05, 0.1) is 5.56 Å². The Bertz CT molecular complexity index is 1170. The summed E-state index contributed by atoms with van der Waals surface area (Å²) in [6.07, 6.45) is -1.18. The number of carbonyl (C=O) groups is 1. The summed E-state index contributed by atoms with van der Waals surface area (Å²) in [5, 5.41) is 2.62. The molecule has 0 saturated heterocycles. The van der Waals surface area contributed by atoms with Crippen LogP contribution in [-0.2, 0) is 12.7 Å². The first kappa shape index (κ1) is 18.7. The number of hydrogen-bond acceptors (Lipinski definition) is 4. The minimum absolute atomic E-state index is 0.0283. The second-order valence-electron chi connectivity index (χ2n) is 6.32. The molecule has 0 aliphatic rings. The summed E-state index contributed by atoms with van der Waals surface area (Å²) >= 11 is 0. The van der Waals surface area contributed by atoms with Crippen molar-refractivity contribution in [3.8, 4) is 11.5 Å². The fraction of sp³-hybridized carbons (Fsp3) is 0.0952. The zero-order valence-corrected chi connectivity index (χ0v) is 14.9. The maximum atomic E-state index is 12.8. The standard InChI is InChI=1S/C21H14F3N3O2/c22-21(23,24)16-3-1-2-13(10-16)12-26-19(28)15-4-5-17-18(11-15)29-20(27-17)14-6-8-25-9-7-14/h1-11H,12H2,(H,26,28). The molecule has 0 fully saturated rings. The lowest BCUT2D eigenvalue weighted by Crippen LogP contribution is -2.23. The van der Waals surface area contributed by atoms with Gasteiger partial charge in [-0.1, -0.05) is 12.1 Å². The van der Waals surface area contributed by atoms with Crippen molar-refractivity contribution in [3.63, 3.8) is 0 Å². The molecule has 146 valence electrons. The highest BCUT2D eigenvalue weighted by atomic mass is 19.4. The van der Waals surface area contributed by atoms with E-state index < -0.39 is 17.6 Å². The molecule has 2 aromatic heterocycles. The topological polar surface area (TPSA) is 68.0 Å². The monoisotopic (exact) mass is 397 g/mol. The average Bonchev–Trinajstić information content (AvgIpc) is 3.15. The Morgan fingerprint density at radius 3 is 2.59 bits per heavy atom. The molecule has 0 spiro atoms. The third-order valence-corrected chi connectivity index (χ3v) is 4.29. The van der Waals surface area contributed by atoms with Crippen LogP contribution in [0.15, 0.2) is 71.4 Å². The van der Waals surface area contributed by atoms with Gasteiger partial charge in [-0.3, -0.25) is 9.78 Å². The normalized spacial score (nSPS) is 11.6. The van der Waals surface area contributed by atoms with Gasteiger partial charge in [-0.2, -0.15) is 13.2 Å². The van der Waals surface area contributed by atoms with Crippen molar-refractivity contribution in [2.75, 3.05) is 0 Å².